The number of ether oxygens (including phenoxy) is 1. The Morgan fingerprint density at radius 3 is 1.53 bits per heavy atom. The Bertz CT molecular complexity index is 2520. The highest BCUT2D eigenvalue weighted by molar-refractivity contribution is 5.93. The first-order chi connectivity index (χ1) is 31.2. The summed E-state index contributed by atoms with van der Waals surface area (Å²) < 4.78 is 65.0. The fraction of sp³-hybridized carbons (Fsp3) is 0.362. The molecule has 10 rings (SSSR count). The van der Waals surface area contributed by atoms with Gasteiger partial charge in [0.2, 0.25) is 11.8 Å². The normalized spacial score (nSPS) is 19.4. The number of piperidine rings is 1. The molecule has 0 N–H and O–H groups in total. The molecular formula is C47H48F4N10O3. The fourth-order valence-electron chi connectivity index (χ4n) is 9.01. The number of amides is 2. The lowest BCUT2D eigenvalue weighted by molar-refractivity contribution is -0.130. The van der Waals surface area contributed by atoms with Crippen LogP contribution in [0.2, 0.25) is 0 Å². The highest BCUT2D eigenvalue weighted by atomic mass is 19.1. The summed E-state index contributed by atoms with van der Waals surface area (Å²) in [6.45, 7) is 5.24. The van der Waals surface area contributed by atoms with Crippen LogP contribution in [-0.2, 0) is 14.3 Å². The minimum atomic E-state index is -0.454. The van der Waals surface area contributed by atoms with Crippen LogP contribution < -0.4 is 9.80 Å². The monoisotopic (exact) mass is 876 g/mol. The molecule has 4 aliphatic rings. The van der Waals surface area contributed by atoms with Crippen LogP contribution >= 0.6 is 0 Å². The van der Waals surface area contributed by atoms with Gasteiger partial charge in [0.15, 0.2) is 11.3 Å². The third-order valence-corrected chi connectivity index (χ3v) is 12.3. The first kappa shape index (κ1) is 42.7. The zero-order chi connectivity index (χ0) is 44.2. The summed E-state index contributed by atoms with van der Waals surface area (Å²) >= 11 is 0. The molecule has 0 radical (unpaired) electrons. The van der Waals surface area contributed by atoms with E-state index in [1.54, 1.807) is 56.9 Å². The molecule has 0 saturated carbocycles. The highest BCUT2D eigenvalue weighted by Gasteiger charge is 2.31. The number of nitrogens with zero attached hydrogens (tertiary/aromatic N) is 10. The van der Waals surface area contributed by atoms with E-state index in [9.17, 15) is 27.2 Å². The van der Waals surface area contributed by atoms with Crippen LogP contribution in [0.3, 0.4) is 0 Å². The Labute approximate surface area is 367 Å². The van der Waals surface area contributed by atoms with Gasteiger partial charge in [0.05, 0.1) is 37.7 Å². The molecule has 0 unspecified atom stereocenters. The molecule has 2 amide bonds. The molecule has 13 nitrogen and oxygen atoms in total. The van der Waals surface area contributed by atoms with Gasteiger partial charge < -0.3 is 24.3 Å². The first-order valence-corrected chi connectivity index (χ1v) is 21.8. The van der Waals surface area contributed by atoms with Crippen molar-refractivity contribution in [1.29, 1.82) is 0 Å². The van der Waals surface area contributed by atoms with Gasteiger partial charge in [0.25, 0.3) is 0 Å². The largest absolute Gasteiger partial charge is 0.378 e. The summed E-state index contributed by atoms with van der Waals surface area (Å²) in [7, 11) is 0. The van der Waals surface area contributed by atoms with E-state index in [0.29, 0.717) is 85.4 Å². The average Bonchev–Trinajstić information content (AvgIpc) is 4.17. The summed E-state index contributed by atoms with van der Waals surface area (Å²) in [5, 5.41) is 8.64. The molecule has 0 spiro atoms. The van der Waals surface area contributed by atoms with Crippen LogP contribution in [0.25, 0.3) is 23.4 Å². The Morgan fingerprint density at radius 2 is 1.05 bits per heavy atom. The lowest BCUT2D eigenvalue weighted by Gasteiger charge is -2.26. The molecule has 4 saturated heterocycles. The summed E-state index contributed by atoms with van der Waals surface area (Å²) in [6.07, 6.45) is 19.9. The van der Waals surface area contributed by atoms with E-state index < -0.39 is 23.3 Å². The molecule has 8 heterocycles. The molecule has 0 aliphatic carbocycles. The zero-order valence-electron chi connectivity index (χ0n) is 35.2. The van der Waals surface area contributed by atoms with Crippen LogP contribution in [0, 0.1) is 23.3 Å². The number of benzene rings is 2. The van der Waals surface area contributed by atoms with Crippen LogP contribution in [-0.4, -0.2) is 103 Å². The van der Waals surface area contributed by atoms with Crippen molar-refractivity contribution in [2.75, 3.05) is 62.3 Å². The number of morpholine rings is 1. The lowest BCUT2D eigenvalue weighted by Crippen LogP contribution is -2.39. The van der Waals surface area contributed by atoms with Crippen molar-refractivity contribution < 1.29 is 31.9 Å². The number of halogens is 4. The molecule has 4 aliphatic heterocycles. The van der Waals surface area contributed by atoms with Crippen LogP contribution in [0.4, 0.5) is 29.2 Å². The van der Waals surface area contributed by atoms with Gasteiger partial charge in [0, 0.05) is 86.1 Å². The third-order valence-electron chi connectivity index (χ3n) is 12.3. The van der Waals surface area contributed by atoms with E-state index in [1.807, 2.05) is 26.8 Å². The highest BCUT2D eigenvalue weighted by Crippen LogP contribution is 2.38. The van der Waals surface area contributed by atoms with Gasteiger partial charge in [-0.3, -0.25) is 9.59 Å². The van der Waals surface area contributed by atoms with Crippen molar-refractivity contribution in [1.82, 2.24) is 39.0 Å². The Kier molecular flexibility index (Phi) is 12.7. The molecule has 2 aromatic carbocycles. The van der Waals surface area contributed by atoms with E-state index in [1.165, 1.54) is 36.8 Å². The van der Waals surface area contributed by atoms with Crippen molar-refractivity contribution in [3.63, 3.8) is 0 Å². The van der Waals surface area contributed by atoms with Crippen molar-refractivity contribution in [2.24, 2.45) is 0 Å². The van der Waals surface area contributed by atoms with Gasteiger partial charge in [-0.15, -0.1) is 0 Å². The Morgan fingerprint density at radius 1 is 0.578 bits per heavy atom. The molecule has 4 aromatic heterocycles. The van der Waals surface area contributed by atoms with Gasteiger partial charge in [-0.05, 0) is 106 Å². The summed E-state index contributed by atoms with van der Waals surface area (Å²) in [6, 6.07) is 10.2. The van der Waals surface area contributed by atoms with Crippen molar-refractivity contribution in [3.05, 3.63) is 131 Å². The maximum Gasteiger partial charge on any atom is 0.246 e. The number of hydrogen-bond acceptors (Lipinski definition) is 9. The molecule has 332 valence electrons. The van der Waals surface area contributed by atoms with Crippen LogP contribution in [0.5, 0.6) is 0 Å². The Hall–Kier alpha value is -6.62. The van der Waals surface area contributed by atoms with Gasteiger partial charge in [-0.1, -0.05) is 0 Å². The number of aromatic nitrogens is 6. The second kappa shape index (κ2) is 19.0. The molecule has 6 aromatic rings. The standard InChI is InChI=1S/C24H25F2N5O.C23H23F2N5O2/c25-18-7-8-20(26)19(15-18)21-5-4-13-30(21)22-10-14-31-24(28-22)17(16-27-31)6-9-23(32)29-11-2-1-3-12-29;24-17-4-5-19(25)18(14-17)20-2-1-8-29(20)21-7-9-30-23(27-21)16(15-26-30)3-6-22(31)28-10-12-32-13-11-28/h6-10,14-16,21H,1-5,11-13H2;3-7,9,14-15,20H,1-2,8,10-13H2/b9-6+;6-3+/t21-;20-/m11/s1. The minimum Gasteiger partial charge on any atom is -0.378 e. The topological polar surface area (TPSA) is 117 Å². The molecule has 4 fully saturated rings. The number of carbonyl (C=O) groups is 2. The van der Waals surface area contributed by atoms with Crippen molar-refractivity contribution in [3.8, 4) is 0 Å². The van der Waals surface area contributed by atoms with E-state index in [-0.39, 0.29) is 23.9 Å². The number of fused-ring (bicyclic) bond motifs is 2. The van der Waals surface area contributed by atoms with E-state index >= 15 is 0 Å². The second-order valence-electron chi connectivity index (χ2n) is 16.3. The number of hydrogen-bond donors (Lipinski definition) is 0. The van der Waals surface area contributed by atoms with E-state index in [2.05, 4.69) is 10.2 Å². The summed E-state index contributed by atoms with van der Waals surface area (Å²) in [5.74, 6) is -0.457. The first-order valence-electron chi connectivity index (χ1n) is 21.8. The third kappa shape index (κ3) is 9.21. The fourth-order valence-corrected chi connectivity index (χ4v) is 9.01. The number of likely N-dealkylation sites (tertiary alicyclic amines) is 1. The zero-order valence-corrected chi connectivity index (χ0v) is 35.2. The maximum atomic E-state index is 14.4. The van der Waals surface area contributed by atoms with Gasteiger partial charge >= 0.3 is 0 Å². The summed E-state index contributed by atoms with van der Waals surface area (Å²) in [4.78, 5) is 42.0. The molecule has 17 heteroatoms. The van der Waals surface area contributed by atoms with E-state index in [4.69, 9.17) is 14.7 Å². The van der Waals surface area contributed by atoms with Gasteiger partial charge in [0.1, 0.15) is 34.9 Å². The smallest absolute Gasteiger partial charge is 0.246 e. The van der Waals surface area contributed by atoms with Crippen molar-refractivity contribution >= 4 is 46.9 Å². The van der Waals surface area contributed by atoms with Gasteiger partial charge in [-0.2, -0.15) is 10.2 Å². The second-order valence-corrected chi connectivity index (χ2v) is 16.3. The lowest BCUT2D eigenvalue weighted by atomic mass is 10.0. The predicted molar refractivity (Wildman–Crippen MR) is 233 cm³/mol. The molecular weight excluding hydrogens is 829 g/mol. The SMILES string of the molecule is O=C(/C=C/c1cnn2ccc(N3CCC[C@@H]3c3cc(F)ccc3F)nc12)N1CCCCC1.O=C(/C=C/c1cnn2ccc(N3CCC[C@@H]3c3cc(F)ccc3F)nc12)N1CCOCC1. The van der Waals surface area contributed by atoms with Crippen LogP contribution in [0.1, 0.15) is 79.3 Å². The Balaban J connectivity index is 0.000000162. The maximum absolute atomic E-state index is 14.4. The number of carbonyl (C=O) groups excluding carboxylic acids is 2. The number of anilines is 2. The molecule has 0 bridgehead atoms. The molecule has 64 heavy (non-hydrogen) atoms. The molecule has 2 atom stereocenters. The van der Waals surface area contributed by atoms with Gasteiger partial charge in [-0.25, -0.2) is 36.6 Å². The van der Waals surface area contributed by atoms with Crippen molar-refractivity contribution in [2.45, 2.75) is 57.0 Å². The van der Waals surface area contributed by atoms with Crippen LogP contribution in [0.15, 0.2) is 85.5 Å². The quantitative estimate of drug-likeness (QED) is 0.113. The van der Waals surface area contributed by atoms with E-state index in [0.717, 1.165) is 62.9 Å². The summed E-state index contributed by atoms with van der Waals surface area (Å²) in [5.41, 5.74) is 3.36. The minimum absolute atomic E-state index is 0.00129. The average molecular weight is 877 g/mol. The predicted octanol–water partition coefficient (Wildman–Crippen LogP) is 7.60. The number of rotatable bonds is 8.